The Hall–Kier alpha value is -2.09. The van der Waals surface area contributed by atoms with E-state index in [9.17, 15) is 4.79 Å². The smallest absolute Gasteiger partial charge is 0.129 e. The van der Waals surface area contributed by atoms with E-state index in [1.807, 2.05) is 18.2 Å². The summed E-state index contributed by atoms with van der Waals surface area (Å²) in [5.41, 5.74) is 2.44. The first-order valence-corrected chi connectivity index (χ1v) is 8.53. The number of hydrogen-bond donors (Lipinski definition) is 0. The minimum absolute atomic E-state index is 0.298. The Morgan fingerprint density at radius 1 is 0.783 bits per heavy atom. The van der Waals surface area contributed by atoms with Crippen molar-refractivity contribution in [2.75, 3.05) is 6.61 Å². The van der Waals surface area contributed by atoms with Crippen molar-refractivity contribution in [1.82, 2.24) is 0 Å². The second-order valence-corrected chi connectivity index (χ2v) is 5.96. The maximum Gasteiger partial charge on any atom is 0.129 e. The molecule has 2 nitrogen and oxygen atoms in total. The number of carbonyl (C=O) groups excluding carboxylic acids is 1. The van der Waals surface area contributed by atoms with Crippen LogP contribution in [0, 0.1) is 0 Å². The van der Waals surface area contributed by atoms with E-state index in [1.54, 1.807) is 6.92 Å². The van der Waals surface area contributed by atoms with E-state index in [1.165, 1.54) is 24.0 Å². The van der Waals surface area contributed by atoms with Crippen LogP contribution in [-0.2, 0) is 4.79 Å². The normalized spacial score (nSPS) is 10.5. The molecule has 0 atom stereocenters. The minimum atomic E-state index is 0.298. The molecule has 2 rings (SSSR count). The number of hydrogen-bond acceptors (Lipinski definition) is 2. The van der Waals surface area contributed by atoms with E-state index < -0.39 is 0 Å². The molecule has 23 heavy (non-hydrogen) atoms. The number of ketones is 1. The highest BCUT2D eigenvalue weighted by Gasteiger charge is 1.99. The SMILES string of the molecule is CC(=O)CCCCCCCOc1ccc(-c2ccccc2)cc1. The third-order valence-corrected chi connectivity index (χ3v) is 3.90. The molecule has 0 fully saturated rings. The van der Waals surface area contributed by atoms with E-state index >= 15 is 0 Å². The summed E-state index contributed by atoms with van der Waals surface area (Å²) in [6.45, 7) is 2.42. The molecule has 0 N–H and O–H groups in total. The summed E-state index contributed by atoms with van der Waals surface area (Å²) in [7, 11) is 0. The quantitative estimate of drug-likeness (QED) is 0.529. The van der Waals surface area contributed by atoms with Crippen molar-refractivity contribution in [2.24, 2.45) is 0 Å². The molecule has 122 valence electrons. The van der Waals surface area contributed by atoms with Crippen LogP contribution in [0.15, 0.2) is 54.6 Å². The van der Waals surface area contributed by atoms with Crippen LogP contribution >= 0.6 is 0 Å². The van der Waals surface area contributed by atoms with Crippen molar-refractivity contribution in [3.8, 4) is 16.9 Å². The standard InChI is InChI=1S/C21H26O2/c1-18(22)10-6-3-2-4-9-17-23-21-15-13-20(14-16-21)19-11-7-5-8-12-19/h5,7-8,11-16H,2-4,6,9-10,17H2,1H3. The van der Waals surface area contributed by atoms with Gasteiger partial charge >= 0.3 is 0 Å². The second kappa shape index (κ2) is 9.83. The molecule has 2 heteroatoms. The van der Waals surface area contributed by atoms with Gasteiger partial charge in [0.2, 0.25) is 0 Å². The Kier molecular flexibility index (Phi) is 7.38. The lowest BCUT2D eigenvalue weighted by Gasteiger charge is -2.07. The van der Waals surface area contributed by atoms with Gasteiger partial charge in [-0.3, -0.25) is 0 Å². The predicted molar refractivity (Wildman–Crippen MR) is 95.8 cm³/mol. The second-order valence-electron chi connectivity index (χ2n) is 5.96. The Balaban J connectivity index is 1.62. The Bertz CT molecular complexity index is 573. The number of carbonyl (C=O) groups is 1. The molecule has 0 aromatic heterocycles. The molecular weight excluding hydrogens is 284 g/mol. The van der Waals surface area contributed by atoms with Gasteiger partial charge in [-0.1, -0.05) is 61.7 Å². The average molecular weight is 310 g/mol. The van der Waals surface area contributed by atoms with E-state index in [0.717, 1.165) is 38.0 Å². The summed E-state index contributed by atoms with van der Waals surface area (Å²) in [5.74, 6) is 1.23. The summed E-state index contributed by atoms with van der Waals surface area (Å²) in [6, 6.07) is 18.6. The first-order valence-electron chi connectivity index (χ1n) is 8.53. The zero-order valence-electron chi connectivity index (χ0n) is 14.0. The topological polar surface area (TPSA) is 26.3 Å². The van der Waals surface area contributed by atoms with Gasteiger partial charge in [0.15, 0.2) is 0 Å². The lowest BCUT2D eigenvalue weighted by Crippen LogP contribution is -1.97. The summed E-state index contributed by atoms with van der Waals surface area (Å²) < 4.78 is 5.79. The molecule has 0 saturated carbocycles. The fourth-order valence-electron chi connectivity index (χ4n) is 2.57. The van der Waals surface area contributed by atoms with Crippen LogP contribution in [0.4, 0.5) is 0 Å². The lowest BCUT2D eigenvalue weighted by atomic mass is 10.1. The third kappa shape index (κ3) is 6.68. The van der Waals surface area contributed by atoms with Crippen LogP contribution in [0.25, 0.3) is 11.1 Å². The van der Waals surface area contributed by atoms with E-state index in [4.69, 9.17) is 4.74 Å². The van der Waals surface area contributed by atoms with E-state index in [0.29, 0.717) is 5.78 Å². The maximum absolute atomic E-state index is 10.8. The molecule has 0 radical (unpaired) electrons. The zero-order valence-corrected chi connectivity index (χ0v) is 14.0. The van der Waals surface area contributed by atoms with Crippen LogP contribution < -0.4 is 4.74 Å². The number of benzene rings is 2. The van der Waals surface area contributed by atoms with E-state index in [2.05, 4.69) is 36.4 Å². The number of Topliss-reactive ketones (excluding diaryl/α,β-unsaturated/α-hetero) is 1. The summed E-state index contributed by atoms with van der Waals surface area (Å²) in [4.78, 5) is 10.8. The van der Waals surface area contributed by atoms with Gasteiger partial charge in [-0.15, -0.1) is 0 Å². The van der Waals surface area contributed by atoms with Gasteiger partial charge in [0, 0.05) is 6.42 Å². The third-order valence-electron chi connectivity index (χ3n) is 3.90. The van der Waals surface area contributed by atoms with Crippen LogP contribution in [0.2, 0.25) is 0 Å². The highest BCUT2D eigenvalue weighted by atomic mass is 16.5. The van der Waals surface area contributed by atoms with Gasteiger partial charge in [0.05, 0.1) is 6.61 Å². The fourth-order valence-corrected chi connectivity index (χ4v) is 2.57. The molecule has 0 heterocycles. The van der Waals surface area contributed by atoms with Crippen LogP contribution in [0.5, 0.6) is 5.75 Å². The summed E-state index contributed by atoms with van der Waals surface area (Å²) in [6.07, 6.45) is 6.32. The molecule has 0 aliphatic carbocycles. The molecule has 0 spiro atoms. The monoisotopic (exact) mass is 310 g/mol. The molecule has 0 amide bonds. The van der Waals surface area contributed by atoms with Gasteiger partial charge in [0.1, 0.15) is 11.5 Å². The molecule has 0 saturated heterocycles. The van der Waals surface area contributed by atoms with Gasteiger partial charge in [-0.05, 0) is 43.0 Å². The molecule has 0 bridgehead atoms. The maximum atomic E-state index is 10.8. The van der Waals surface area contributed by atoms with Gasteiger partial charge in [-0.2, -0.15) is 0 Å². The zero-order chi connectivity index (χ0) is 16.3. The Morgan fingerprint density at radius 2 is 1.39 bits per heavy atom. The van der Waals surface area contributed by atoms with Crippen LogP contribution in [0.1, 0.15) is 45.4 Å². The van der Waals surface area contributed by atoms with Gasteiger partial charge in [0.25, 0.3) is 0 Å². The lowest BCUT2D eigenvalue weighted by molar-refractivity contribution is -0.117. The van der Waals surface area contributed by atoms with Gasteiger partial charge in [-0.25, -0.2) is 0 Å². The predicted octanol–water partition coefficient (Wildman–Crippen LogP) is 5.66. The van der Waals surface area contributed by atoms with Gasteiger partial charge < -0.3 is 9.53 Å². The molecule has 0 aliphatic rings. The highest BCUT2D eigenvalue weighted by molar-refractivity contribution is 5.75. The number of rotatable bonds is 10. The highest BCUT2D eigenvalue weighted by Crippen LogP contribution is 2.22. The average Bonchev–Trinajstić information content (AvgIpc) is 2.58. The Labute approximate surface area is 139 Å². The van der Waals surface area contributed by atoms with Crippen molar-refractivity contribution in [1.29, 1.82) is 0 Å². The minimum Gasteiger partial charge on any atom is -0.494 e. The number of unbranched alkanes of at least 4 members (excludes halogenated alkanes) is 4. The summed E-state index contributed by atoms with van der Waals surface area (Å²) in [5, 5.41) is 0. The first-order chi connectivity index (χ1) is 11.3. The number of ether oxygens (including phenoxy) is 1. The first kappa shape index (κ1) is 17.3. The van der Waals surface area contributed by atoms with Crippen molar-refractivity contribution < 1.29 is 9.53 Å². The molecule has 0 unspecified atom stereocenters. The molecule has 2 aromatic carbocycles. The fraction of sp³-hybridized carbons (Fsp3) is 0.381. The largest absolute Gasteiger partial charge is 0.494 e. The van der Waals surface area contributed by atoms with Crippen LogP contribution in [0.3, 0.4) is 0 Å². The van der Waals surface area contributed by atoms with Crippen molar-refractivity contribution in [3.63, 3.8) is 0 Å². The molecule has 0 aliphatic heterocycles. The van der Waals surface area contributed by atoms with Crippen molar-refractivity contribution in [2.45, 2.75) is 45.4 Å². The van der Waals surface area contributed by atoms with Crippen molar-refractivity contribution in [3.05, 3.63) is 54.6 Å². The van der Waals surface area contributed by atoms with Crippen LogP contribution in [-0.4, -0.2) is 12.4 Å². The van der Waals surface area contributed by atoms with Crippen molar-refractivity contribution >= 4 is 5.78 Å². The van der Waals surface area contributed by atoms with E-state index in [-0.39, 0.29) is 0 Å². The summed E-state index contributed by atoms with van der Waals surface area (Å²) >= 11 is 0. The Morgan fingerprint density at radius 3 is 2.09 bits per heavy atom. The molecular formula is C21H26O2. The molecule has 2 aromatic rings.